The van der Waals surface area contributed by atoms with Crippen molar-refractivity contribution < 1.29 is 9.47 Å². The van der Waals surface area contributed by atoms with E-state index < -0.39 is 0 Å². The fourth-order valence-corrected chi connectivity index (χ4v) is 2.23. The molecule has 0 amide bonds. The van der Waals surface area contributed by atoms with Gasteiger partial charge < -0.3 is 9.47 Å². The Hall–Kier alpha value is -2.45. The maximum atomic E-state index is 5.97. The SMILES string of the molecule is ClCc1cc(Oc2ccccc2)cc(Oc2ccccc2)c1. The smallest absolute Gasteiger partial charge is 0.131 e. The standard InChI is InChI=1S/C19H15ClO2/c20-14-15-11-18(21-16-7-3-1-4-8-16)13-19(12-15)22-17-9-5-2-6-10-17/h1-13H,14H2. The molecular weight excluding hydrogens is 296 g/mol. The number of hydrogen-bond donors (Lipinski definition) is 0. The summed E-state index contributed by atoms with van der Waals surface area (Å²) in [6, 6.07) is 24.9. The fraction of sp³-hybridized carbons (Fsp3) is 0.0526. The number of alkyl halides is 1. The summed E-state index contributed by atoms with van der Waals surface area (Å²) >= 11 is 5.97. The molecule has 3 rings (SSSR count). The minimum absolute atomic E-state index is 0.400. The number of rotatable bonds is 5. The average Bonchev–Trinajstić information content (AvgIpc) is 2.56. The summed E-state index contributed by atoms with van der Waals surface area (Å²) in [6.07, 6.45) is 0. The Morgan fingerprint density at radius 3 is 1.45 bits per heavy atom. The maximum absolute atomic E-state index is 5.97. The van der Waals surface area contributed by atoms with Crippen molar-refractivity contribution in [3.63, 3.8) is 0 Å². The van der Waals surface area contributed by atoms with Crippen molar-refractivity contribution in [2.45, 2.75) is 5.88 Å². The molecule has 3 heteroatoms. The largest absolute Gasteiger partial charge is 0.457 e. The van der Waals surface area contributed by atoms with Gasteiger partial charge in [-0.2, -0.15) is 0 Å². The van der Waals surface area contributed by atoms with Crippen LogP contribution in [0.1, 0.15) is 5.56 Å². The first-order chi connectivity index (χ1) is 10.8. The molecule has 0 unspecified atom stereocenters. The lowest BCUT2D eigenvalue weighted by atomic mass is 10.2. The summed E-state index contributed by atoms with van der Waals surface area (Å²) < 4.78 is 11.7. The van der Waals surface area contributed by atoms with Crippen LogP contribution in [0.2, 0.25) is 0 Å². The van der Waals surface area contributed by atoms with Crippen LogP contribution < -0.4 is 9.47 Å². The van der Waals surface area contributed by atoms with Crippen molar-refractivity contribution in [3.05, 3.63) is 84.4 Å². The van der Waals surface area contributed by atoms with Crippen molar-refractivity contribution >= 4 is 11.6 Å². The van der Waals surface area contributed by atoms with Gasteiger partial charge in [-0.3, -0.25) is 0 Å². The molecule has 3 aromatic carbocycles. The molecule has 0 saturated heterocycles. The highest BCUT2D eigenvalue weighted by molar-refractivity contribution is 6.17. The monoisotopic (exact) mass is 310 g/mol. The molecular formula is C19H15ClO2. The van der Waals surface area contributed by atoms with Crippen LogP contribution >= 0.6 is 11.6 Å². The van der Waals surface area contributed by atoms with E-state index in [9.17, 15) is 0 Å². The minimum atomic E-state index is 0.400. The summed E-state index contributed by atoms with van der Waals surface area (Å²) in [6.45, 7) is 0. The van der Waals surface area contributed by atoms with E-state index in [2.05, 4.69) is 0 Å². The third-order valence-corrected chi connectivity index (χ3v) is 3.36. The van der Waals surface area contributed by atoms with Crippen molar-refractivity contribution in [3.8, 4) is 23.0 Å². The predicted molar refractivity (Wildman–Crippen MR) is 89.0 cm³/mol. The number of benzene rings is 3. The van der Waals surface area contributed by atoms with Crippen LogP contribution in [0, 0.1) is 0 Å². The molecule has 110 valence electrons. The molecule has 0 aliphatic rings. The van der Waals surface area contributed by atoms with Gasteiger partial charge in [-0.25, -0.2) is 0 Å². The van der Waals surface area contributed by atoms with E-state index in [1.54, 1.807) is 0 Å². The van der Waals surface area contributed by atoms with E-state index in [1.165, 1.54) is 0 Å². The Balaban J connectivity index is 1.86. The lowest BCUT2D eigenvalue weighted by molar-refractivity contribution is 0.459. The summed E-state index contributed by atoms with van der Waals surface area (Å²) in [5.74, 6) is 3.36. The second-order valence-corrected chi connectivity index (χ2v) is 5.04. The molecule has 0 atom stereocenters. The Kier molecular flexibility index (Phi) is 4.62. The van der Waals surface area contributed by atoms with Crippen LogP contribution in [0.4, 0.5) is 0 Å². The van der Waals surface area contributed by atoms with Crippen LogP contribution in [-0.2, 0) is 5.88 Å². The Labute approximate surface area is 134 Å². The number of hydrogen-bond acceptors (Lipinski definition) is 2. The lowest BCUT2D eigenvalue weighted by Gasteiger charge is -2.11. The molecule has 0 spiro atoms. The molecule has 0 aliphatic carbocycles. The lowest BCUT2D eigenvalue weighted by Crippen LogP contribution is -1.90. The summed E-state index contributed by atoms with van der Waals surface area (Å²) in [4.78, 5) is 0. The Bertz CT molecular complexity index is 667. The van der Waals surface area contributed by atoms with E-state index in [1.807, 2.05) is 78.9 Å². The first kappa shape index (κ1) is 14.5. The zero-order valence-corrected chi connectivity index (χ0v) is 12.7. The van der Waals surface area contributed by atoms with Crippen molar-refractivity contribution in [2.24, 2.45) is 0 Å². The fourth-order valence-electron chi connectivity index (χ4n) is 2.07. The minimum Gasteiger partial charge on any atom is -0.457 e. The van der Waals surface area contributed by atoms with E-state index in [4.69, 9.17) is 21.1 Å². The van der Waals surface area contributed by atoms with E-state index in [0.717, 1.165) is 17.1 Å². The van der Waals surface area contributed by atoms with E-state index in [0.29, 0.717) is 17.4 Å². The van der Waals surface area contributed by atoms with Gasteiger partial charge in [0.1, 0.15) is 23.0 Å². The van der Waals surface area contributed by atoms with Gasteiger partial charge in [0, 0.05) is 11.9 Å². The van der Waals surface area contributed by atoms with Gasteiger partial charge in [0.25, 0.3) is 0 Å². The van der Waals surface area contributed by atoms with Crippen LogP contribution in [0.3, 0.4) is 0 Å². The second-order valence-electron chi connectivity index (χ2n) is 4.78. The quantitative estimate of drug-likeness (QED) is 0.537. The third kappa shape index (κ3) is 3.80. The highest BCUT2D eigenvalue weighted by Gasteiger charge is 2.05. The van der Waals surface area contributed by atoms with Gasteiger partial charge in [-0.05, 0) is 42.0 Å². The summed E-state index contributed by atoms with van der Waals surface area (Å²) in [5, 5.41) is 0. The van der Waals surface area contributed by atoms with Crippen LogP contribution in [-0.4, -0.2) is 0 Å². The number of ether oxygens (including phenoxy) is 2. The zero-order chi connectivity index (χ0) is 15.2. The molecule has 22 heavy (non-hydrogen) atoms. The molecule has 0 heterocycles. The molecule has 0 aliphatic heterocycles. The molecule has 0 aromatic heterocycles. The predicted octanol–water partition coefficient (Wildman–Crippen LogP) is 6.01. The van der Waals surface area contributed by atoms with Gasteiger partial charge in [-0.15, -0.1) is 11.6 Å². The van der Waals surface area contributed by atoms with Crippen molar-refractivity contribution in [1.82, 2.24) is 0 Å². The molecule has 3 aromatic rings. The highest BCUT2D eigenvalue weighted by Crippen LogP contribution is 2.30. The second kappa shape index (κ2) is 7.01. The molecule has 0 bridgehead atoms. The van der Waals surface area contributed by atoms with E-state index >= 15 is 0 Å². The molecule has 2 nitrogen and oxygen atoms in total. The Morgan fingerprint density at radius 1 is 0.591 bits per heavy atom. The topological polar surface area (TPSA) is 18.5 Å². The first-order valence-electron chi connectivity index (χ1n) is 6.99. The molecule has 0 N–H and O–H groups in total. The van der Waals surface area contributed by atoms with Gasteiger partial charge in [0.15, 0.2) is 0 Å². The van der Waals surface area contributed by atoms with Gasteiger partial charge in [0.05, 0.1) is 0 Å². The molecule has 0 radical (unpaired) electrons. The van der Waals surface area contributed by atoms with Gasteiger partial charge >= 0.3 is 0 Å². The summed E-state index contributed by atoms with van der Waals surface area (Å²) in [7, 11) is 0. The van der Waals surface area contributed by atoms with Crippen molar-refractivity contribution in [2.75, 3.05) is 0 Å². The van der Waals surface area contributed by atoms with Crippen LogP contribution in [0.5, 0.6) is 23.0 Å². The van der Waals surface area contributed by atoms with Gasteiger partial charge in [0.2, 0.25) is 0 Å². The molecule has 0 fully saturated rings. The number of para-hydroxylation sites is 2. The number of halogens is 1. The maximum Gasteiger partial charge on any atom is 0.131 e. The Morgan fingerprint density at radius 2 is 1.05 bits per heavy atom. The highest BCUT2D eigenvalue weighted by atomic mass is 35.5. The average molecular weight is 311 g/mol. The molecule has 0 saturated carbocycles. The van der Waals surface area contributed by atoms with Crippen molar-refractivity contribution in [1.29, 1.82) is 0 Å². The summed E-state index contributed by atoms with van der Waals surface area (Å²) in [5.41, 5.74) is 0.945. The van der Waals surface area contributed by atoms with Crippen LogP contribution in [0.25, 0.3) is 0 Å². The van der Waals surface area contributed by atoms with Gasteiger partial charge in [-0.1, -0.05) is 36.4 Å². The van der Waals surface area contributed by atoms with Crippen LogP contribution in [0.15, 0.2) is 78.9 Å². The first-order valence-corrected chi connectivity index (χ1v) is 7.53. The normalized spacial score (nSPS) is 10.2. The zero-order valence-electron chi connectivity index (χ0n) is 11.9. The van der Waals surface area contributed by atoms with E-state index in [-0.39, 0.29) is 0 Å². The third-order valence-electron chi connectivity index (χ3n) is 3.05.